The number of nitrogens with two attached hydrogens (primary N) is 1. The van der Waals surface area contributed by atoms with Gasteiger partial charge in [0.05, 0.1) is 13.2 Å². The van der Waals surface area contributed by atoms with Gasteiger partial charge in [-0.15, -0.1) is 0 Å². The highest BCUT2D eigenvalue weighted by Gasteiger charge is 2.26. The Morgan fingerprint density at radius 3 is 0.845 bits per heavy atom. The average molecular weight is 1210 g/mol. The molecule has 0 rings (SSSR count). The molecule has 0 bridgehead atoms. The first-order valence-corrected chi connectivity index (χ1v) is 39.2. The van der Waals surface area contributed by atoms with Crippen LogP contribution in [0.1, 0.15) is 418 Å². The maximum atomic E-state index is 12.8. The van der Waals surface area contributed by atoms with Crippen molar-refractivity contribution in [3.63, 3.8) is 0 Å². The van der Waals surface area contributed by atoms with Crippen molar-refractivity contribution in [2.45, 2.75) is 424 Å². The molecule has 0 aromatic heterocycles. The fraction of sp³-hybridized carbons (Fsp3) is 0.946. The topological polar surface area (TPSA) is 134 Å². The molecule has 0 aliphatic rings. The Morgan fingerprint density at radius 2 is 0.583 bits per heavy atom. The summed E-state index contributed by atoms with van der Waals surface area (Å²) in [6.07, 6.45) is 86.4. The van der Waals surface area contributed by atoms with Gasteiger partial charge in [0.1, 0.15) is 6.61 Å². The molecule has 3 N–H and O–H groups in total. The summed E-state index contributed by atoms with van der Waals surface area (Å²) in [4.78, 5) is 35.4. The number of esters is 2. The van der Waals surface area contributed by atoms with Gasteiger partial charge in [-0.2, -0.15) is 0 Å². The van der Waals surface area contributed by atoms with Crippen LogP contribution in [0.5, 0.6) is 0 Å². The van der Waals surface area contributed by atoms with Gasteiger partial charge in [0.25, 0.3) is 0 Å². The standard InChI is InChI=1S/C74H146NO8P/c1-3-5-7-9-11-13-15-17-19-21-23-25-27-28-29-30-31-32-33-34-35-36-37-38-39-40-41-42-43-45-46-48-50-52-54-56-58-60-62-64-66-73(76)80-70-72(71-82-84(78,79)81-69-68-75)83-74(77)67-65-63-61-59-57-55-53-51-49-47-44-26-24-22-20-18-16-14-12-10-8-6-4-2/h22,24,72H,3-21,23,25-71,75H2,1-2H3,(H,78,79)/b24-22-. The van der Waals surface area contributed by atoms with E-state index < -0.39 is 26.5 Å². The van der Waals surface area contributed by atoms with Crippen molar-refractivity contribution in [3.05, 3.63) is 12.2 Å². The van der Waals surface area contributed by atoms with Crippen molar-refractivity contribution in [3.8, 4) is 0 Å². The van der Waals surface area contributed by atoms with E-state index in [0.29, 0.717) is 6.42 Å². The predicted molar refractivity (Wildman–Crippen MR) is 363 cm³/mol. The first-order chi connectivity index (χ1) is 41.3. The molecule has 0 aliphatic carbocycles. The summed E-state index contributed by atoms with van der Waals surface area (Å²) in [5, 5.41) is 0. The Morgan fingerprint density at radius 1 is 0.345 bits per heavy atom. The molecule has 0 fully saturated rings. The molecule has 2 unspecified atom stereocenters. The zero-order valence-corrected chi connectivity index (χ0v) is 57.3. The van der Waals surface area contributed by atoms with Crippen molar-refractivity contribution >= 4 is 19.8 Å². The SMILES string of the molecule is CCCCCCCCCC/C=C\CCCCCCCCCCCCCC(=O)OC(COC(=O)CCCCCCCCCCCCCCCCCCCCCCCCCCCCCCCCCCCCCCCCCC)COP(=O)(O)OCCN. The number of carbonyl (C=O) groups excluding carboxylic acids is 2. The van der Waals surface area contributed by atoms with Gasteiger partial charge in [-0.3, -0.25) is 18.6 Å². The molecule has 0 saturated carbocycles. The van der Waals surface area contributed by atoms with E-state index in [1.807, 2.05) is 0 Å². The lowest BCUT2D eigenvalue weighted by Gasteiger charge is -2.19. The van der Waals surface area contributed by atoms with Gasteiger partial charge in [0.15, 0.2) is 6.10 Å². The molecule has 500 valence electrons. The van der Waals surface area contributed by atoms with Crippen LogP contribution in [0.25, 0.3) is 0 Å². The van der Waals surface area contributed by atoms with Gasteiger partial charge in [0.2, 0.25) is 0 Å². The number of hydrogen-bond donors (Lipinski definition) is 2. The molecule has 0 heterocycles. The minimum atomic E-state index is -4.39. The van der Waals surface area contributed by atoms with Gasteiger partial charge >= 0.3 is 19.8 Å². The molecule has 0 aromatic carbocycles. The fourth-order valence-electron chi connectivity index (χ4n) is 11.8. The van der Waals surface area contributed by atoms with Crippen molar-refractivity contribution in [1.82, 2.24) is 0 Å². The Kier molecular flexibility index (Phi) is 69.8. The smallest absolute Gasteiger partial charge is 0.462 e. The number of unbranched alkanes of at least 4 members (excludes halogenated alkanes) is 58. The molecule has 0 radical (unpaired) electrons. The summed E-state index contributed by atoms with van der Waals surface area (Å²) in [5.74, 6) is -0.803. The first-order valence-electron chi connectivity index (χ1n) is 37.7. The van der Waals surface area contributed by atoms with Crippen LogP contribution in [0, 0.1) is 0 Å². The van der Waals surface area contributed by atoms with Crippen LogP contribution in [0.4, 0.5) is 0 Å². The van der Waals surface area contributed by atoms with Crippen LogP contribution >= 0.6 is 7.82 Å². The molecular weight excluding hydrogens is 1060 g/mol. The second-order valence-corrected chi connectivity index (χ2v) is 27.3. The lowest BCUT2D eigenvalue weighted by Crippen LogP contribution is -2.29. The summed E-state index contributed by atoms with van der Waals surface area (Å²) in [7, 11) is -4.39. The van der Waals surface area contributed by atoms with Crippen LogP contribution in [0.3, 0.4) is 0 Å². The highest BCUT2D eigenvalue weighted by molar-refractivity contribution is 7.47. The Balaban J connectivity index is 3.71. The number of phosphoric acid groups is 1. The fourth-order valence-corrected chi connectivity index (χ4v) is 12.6. The van der Waals surface area contributed by atoms with E-state index in [9.17, 15) is 19.0 Å². The first kappa shape index (κ1) is 82.8. The van der Waals surface area contributed by atoms with Crippen molar-refractivity contribution in [2.75, 3.05) is 26.4 Å². The van der Waals surface area contributed by atoms with Crippen molar-refractivity contribution in [2.24, 2.45) is 5.73 Å². The highest BCUT2D eigenvalue weighted by atomic mass is 31.2. The zero-order valence-electron chi connectivity index (χ0n) is 56.4. The van der Waals surface area contributed by atoms with E-state index in [0.717, 1.165) is 32.1 Å². The molecule has 84 heavy (non-hydrogen) atoms. The molecule has 10 heteroatoms. The molecule has 0 spiro atoms. The molecule has 0 amide bonds. The lowest BCUT2D eigenvalue weighted by molar-refractivity contribution is -0.161. The van der Waals surface area contributed by atoms with Crippen LogP contribution in [-0.2, 0) is 32.7 Å². The van der Waals surface area contributed by atoms with Crippen LogP contribution in [0.15, 0.2) is 12.2 Å². The van der Waals surface area contributed by atoms with Crippen LogP contribution in [-0.4, -0.2) is 49.3 Å². The monoisotopic (exact) mass is 1210 g/mol. The third-order valence-electron chi connectivity index (χ3n) is 17.4. The number of allylic oxidation sites excluding steroid dienone is 2. The van der Waals surface area contributed by atoms with Gasteiger partial charge in [-0.25, -0.2) is 4.57 Å². The van der Waals surface area contributed by atoms with Crippen LogP contribution in [0.2, 0.25) is 0 Å². The lowest BCUT2D eigenvalue weighted by atomic mass is 10.0. The minimum Gasteiger partial charge on any atom is -0.462 e. The third kappa shape index (κ3) is 69.8. The summed E-state index contributed by atoms with van der Waals surface area (Å²) < 4.78 is 33.2. The Bertz CT molecular complexity index is 1380. The molecule has 2 atom stereocenters. The Hall–Kier alpha value is -1.25. The second kappa shape index (κ2) is 70.8. The third-order valence-corrected chi connectivity index (χ3v) is 18.4. The summed E-state index contributed by atoms with van der Waals surface area (Å²) in [6, 6.07) is 0. The Labute approximate surface area is 523 Å². The normalized spacial score (nSPS) is 12.9. The average Bonchev–Trinajstić information content (AvgIpc) is 3.58. The van der Waals surface area contributed by atoms with E-state index in [1.54, 1.807) is 0 Å². The highest BCUT2D eigenvalue weighted by Crippen LogP contribution is 2.43. The zero-order chi connectivity index (χ0) is 60.9. The van der Waals surface area contributed by atoms with E-state index in [1.165, 1.54) is 353 Å². The maximum absolute atomic E-state index is 12.8. The van der Waals surface area contributed by atoms with Gasteiger partial charge in [-0.05, 0) is 38.5 Å². The quantitative estimate of drug-likeness (QED) is 0.0264. The summed E-state index contributed by atoms with van der Waals surface area (Å²) in [6.45, 7) is 3.83. The van der Waals surface area contributed by atoms with E-state index in [2.05, 4.69) is 26.0 Å². The van der Waals surface area contributed by atoms with Gasteiger partial charge < -0.3 is 20.1 Å². The number of ether oxygens (including phenoxy) is 2. The van der Waals surface area contributed by atoms with Crippen LogP contribution < -0.4 is 5.73 Å². The molecule has 9 nitrogen and oxygen atoms in total. The van der Waals surface area contributed by atoms with Gasteiger partial charge in [0, 0.05) is 19.4 Å². The molecule has 0 saturated heterocycles. The summed E-state index contributed by atoms with van der Waals surface area (Å²) in [5.41, 5.74) is 5.40. The molecular formula is C74H146NO8P. The van der Waals surface area contributed by atoms with E-state index in [4.69, 9.17) is 24.3 Å². The predicted octanol–water partition coefficient (Wildman–Crippen LogP) is 24.7. The second-order valence-electron chi connectivity index (χ2n) is 25.9. The number of phosphoric ester groups is 1. The summed E-state index contributed by atoms with van der Waals surface area (Å²) >= 11 is 0. The number of carbonyl (C=O) groups is 2. The van der Waals surface area contributed by atoms with E-state index in [-0.39, 0.29) is 38.6 Å². The molecule has 0 aliphatic heterocycles. The van der Waals surface area contributed by atoms with Gasteiger partial charge in [-0.1, -0.05) is 379 Å². The minimum absolute atomic E-state index is 0.0570. The number of rotatable bonds is 73. The maximum Gasteiger partial charge on any atom is 0.472 e. The number of hydrogen-bond acceptors (Lipinski definition) is 8. The molecule has 0 aromatic rings. The van der Waals surface area contributed by atoms with Crippen molar-refractivity contribution < 1.29 is 37.6 Å². The largest absolute Gasteiger partial charge is 0.472 e. The van der Waals surface area contributed by atoms with Crippen molar-refractivity contribution in [1.29, 1.82) is 0 Å². The van der Waals surface area contributed by atoms with E-state index >= 15 is 0 Å².